The third-order valence-corrected chi connectivity index (χ3v) is 2.21. The zero-order chi connectivity index (χ0) is 11.1. The van der Waals surface area contributed by atoms with Gasteiger partial charge in [-0.1, -0.05) is 18.2 Å². The molecule has 0 aliphatic rings. The van der Waals surface area contributed by atoms with Crippen molar-refractivity contribution in [2.45, 2.75) is 6.92 Å². The highest BCUT2D eigenvalue weighted by Gasteiger charge is 2.00. The minimum atomic E-state index is -0.167. The molecule has 0 fully saturated rings. The average Bonchev–Trinajstić information content (AvgIpc) is 2.22. The van der Waals surface area contributed by atoms with Gasteiger partial charge in [-0.25, -0.2) is 0 Å². The van der Waals surface area contributed by atoms with Crippen LogP contribution in [-0.4, -0.2) is 10.9 Å². The Hall–Kier alpha value is -1.42. The largest absolute Gasteiger partial charge is 0.321 e. The first kappa shape index (κ1) is 11.7. The van der Waals surface area contributed by atoms with Crippen LogP contribution in [0.1, 0.15) is 6.92 Å². The lowest BCUT2D eigenvalue weighted by molar-refractivity contribution is -0.111. The Labute approximate surface area is 97.0 Å². The number of hydrogen-bond acceptors (Lipinski definition) is 2. The summed E-state index contributed by atoms with van der Waals surface area (Å²) in [6.45, 7) is 1.89. The van der Waals surface area contributed by atoms with Gasteiger partial charge in [-0.2, -0.15) is 0 Å². The van der Waals surface area contributed by atoms with E-state index < -0.39 is 0 Å². The van der Waals surface area contributed by atoms with Crippen molar-refractivity contribution < 1.29 is 4.79 Å². The van der Waals surface area contributed by atoms with Crippen LogP contribution in [0.25, 0.3) is 0 Å². The van der Waals surface area contributed by atoms with Gasteiger partial charge in [0.25, 0.3) is 0 Å². The van der Waals surface area contributed by atoms with Gasteiger partial charge in [0.1, 0.15) is 0 Å². The molecule has 4 heteroatoms. The first-order valence-electron chi connectivity index (χ1n) is 4.44. The van der Waals surface area contributed by atoms with E-state index in [1.165, 1.54) is 6.08 Å². The molecule has 1 rings (SSSR count). The summed E-state index contributed by atoms with van der Waals surface area (Å²) in [6, 6.07) is 1.73. The molecular weight excluding hydrogens is 256 g/mol. The van der Waals surface area contributed by atoms with E-state index in [4.69, 9.17) is 0 Å². The number of rotatable bonds is 3. The van der Waals surface area contributed by atoms with Crippen LogP contribution in [0.5, 0.6) is 0 Å². The topological polar surface area (TPSA) is 42.0 Å². The number of allylic oxidation sites excluding steroid dienone is 3. The maximum atomic E-state index is 11.4. The van der Waals surface area contributed by atoms with Crippen LogP contribution >= 0.6 is 15.9 Å². The normalized spacial score (nSPS) is 11.1. The molecule has 0 aromatic carbocycles. The van der Waals surface area contributed by atoms with E-state index in [9.17, 15) is 4.79 Å². The standard InChI is InChI=1S/C11H11BrN2O/c1-2-3-4-5-11(15)14-10-6-7-13-8-9(10)12/h2-8H,1H3,(H,13,14,15). The molecule has 0 saturated carbocycles. The summed E-state index contributed by atoms with van der Waals surface area (Å²) in [4.78, 5) is 15.3. The van der Waals surface area contributed by atoms with Crippen LogP contribution in [0.2, 0.25) is 0 Å². The van der Waals surface area contributed by atoms with Crippen molar-refractivity contribution in [3.63, 3.8) is 0 Å². The van der Waals surface area contributed by atoms with Gasteiger partial charge < -0.3 is 5.32 Å². The monoisotopic (exact) mass is 266 g/mol. The van der Waals surface area contributed by atoms with Gasteiger partial charge >= 0.3 is 0 Å². The molecule has 0 atom stereocenters. The number of carbonyl (C=O) groups excluding carboxylic acids is 1. The maximum absolute atomic E-state index is 11.4. The summed E-state index contributed by atoms with van der Waals surface area (Å²) < 4.78 is 0.762. The van der Waals surface area contributed by atoms with E-state index >= 15 is 0 Å². The Morgan fingerprint density at radius 2 is 2.33 bits per heavy atom. The Morgan fingerprint density at radius 3 is 3.00 bits per heavy atom. The van der Waals surface area contributed by atoms with Gasteiger partial charge in [-0.3, -0.25) is 9.78 Å². The molecule has 1 aromatic heterocycles. The summed E-state index contributed by atoms with van der Waals surface area (Å²) in [5.41, 5.74) is 0.708. The molecule has 1 amide bonds. The van der Waals surface area contributed by atoms with E-state index in [0.29, 0.717) is 5.69 Å². The number of anilines is 1. The number of hydrogen-bond donors (Lipinski definition) is 1. The van der Waals surface area contributed by atoms with E-state index in [0.717, 1.165) is 4.47 Å². The highest BCUT2D eigenvalue weighted by atomic mass is 79.9. The molecule has 3 nitrogen and oxygen atoms in total. The molecule has 0 aliphatic heterocycles. The number of pyridine rings is 1. The van der Waals surface area contributed by atoms with Gasteiger partial charge in [0.05, 0.1) is 10.2 Å². The number of aromatic nitrogens is 1. The Kier molecular flexibility index (Phi) is 4.77. The molecule has 1 heterocycles. The highest BCUT2D eigenvalue weighted by molar-refractivity contribution is 9.10. The van der Waals surface area contributed by atoms with E-state index in [1.54, 1.807) is 30.6 Å². The van der Waals surface area contributed by atoms with Crippen LogP contribution < -0.4 is 5.32 Å². The molecule has 1 N–H and O–H groups in total. The summed E-state index contributed by atoms with van der Waals surface area (Å²) in [5.74, 6) is -0.167. The zero-order valence-corrected chi connectivity index (χ0v) is 9.86. The zero-order valence-electron chi connectivity index (χ0n) is 8.27. The van der Waals surface area contributed by atoms with Crippen LogP contribution in [0.3, 0.4) is 0 Å². The van der Waals surface area contributed by atoms with Crippen molar-refractivity contribution in [1.82, 2.24) is 4.98 Å². The molecule has 1 aromatic rings. The van der Waals surface area contributed by atoms with Gasteiger partial charge in [0.2, 0.25) is 5.91 Å². The second kappa shape index (κ2) is 6.14. The van der Waals surface area contributed by atoms with Crippen molar-refractivity contribution >= 4 is 27.5 Å². The number of halogens is 1. The lowest BCUT2D eigenvalue weighted by Crippen LogP contribution is -2.08. The lowest BCUT2D eigenvalue weighted by Gasteiger charge is -2.02. The van der Waals surface area contributed by atoms with Crippen molar-refractivity contribution in [2.75, 3.05) is 5.32 Å². The van der Waals surface area contributed by atoms with Crippen LogP contribution in [0, 0.1) is 0 Å². The second-order valence-electron chi connectivity index (χ2n) is 2.73. The number of amides is 1. The fourth-order valence-electron chi connectivity index (χ4n) is 0.905. The Morgan fingerprint density at radius 1 is 1.53 bits per heavy atom. The van der Waals surface area contributed by atoms with Crippen molar-refractivity contribution in [3.8, 4) is 0 Å². The van der Waals surface area contributed by atoms with Crippen molar-refractivity contribution in [1.29, 1.82) is 0 Å². The quantitative estimate of drug-likeness (QED) is 0.675. The molecule has 0 unspecified atom stereocenters. The third-order valence-electron chi connectivity index (χ3n) is 1.58. The third kappa shape index (κ3) is 4.08. The summed E-state index contributed by atoms with van der Waals surface area (Å²) in [6.07, 6.45) is 10.0. The van der Waals surface area contributed by atoms with Crippen LogP contribution in [0.15, 0.2) is 47.2 Å². The Balaban J connectivity index is 2.63. The minimum absolute atomic E-state index is 0.167. The molecule has 15 heavy (non-hydrogen) atoms. The fourth-order valence-corrected chi connectivity index (χ4v) is 1.25. The molecule has 0 saturated heterocycles. The minimum Gasteiger partial charge on any atom is -0.321 e. The smallest absolute Gasteiger partial charge is 0.248 e. The first-order chi connectivity index (χ1) is 7.24. The molecule has 0 spiro atoms. The number of carbonyl (C=O) groups is 1. The van der Waals surface area contributed by atoms with E-state index in [-0.39, 0.29) is 5.91 Å². The fraction of sp³-hybridized carbons (Fsp3) is 0.0909. The lowest BCUT2D eigenvalue weighted by atomic mass is 10.4. The van der Waals surface area contributed by atoms with E-state index in [2.05, 4.69) is 26.2 Å². The van der Waals surface area contributed by atoms with E-state index in [1.807, 2.05) is 13.0 Å². The highest BCUT2D eigenvalue weighted by Crippen LogP contribution is 2.19. The number of nitrogens with one attached hydrogen (secondary N) is 1. The van der Waals surface area contributed by atoms with Crippen molar-refractivity contribution in [3.05, 3.63) is 47.2 Å². The molecule has 78 valence electrons. The molecule has 0 aliphatic carbocycles. The van der Waals surface area contributed by atoms with Crippen molar-refractivity contribution in [2.24, 2.45) is 0 Å². The summed E-state index contributed by atoms with van der Waals surface area (Å²) in [7, 11) is 0. The van der Waals surface area contributed by atoms with Crippen LogP contribution in [-0.2, 0) is 4.79 Å². The molecule has 0 bridgehead atoms. The van der Waals surface area contributed by atoms with Gasteiger partial charge in [-0.15, -0.1) is 0 Å². The predicted molar refractivity (Wildman–Crippen MR) is 64.5 cm³/mol. The van der Waals surface area contributed by atoms with Gasteiger partial charge in [0, 0.05) is 18.5 Å². The predicted octanol–water partition coefficient (Wildman–Crippen LogP) is 2.91. The summed E-state index contributed by atoms with van der Waals surface area (Å²) in [5, 5.41) is 2.72. The average molecular weight is 267 g/mol. The van der Waals surface area contributed by atoms with Gasteiger partial charge in [-0.05, 0) is 28.9 Å². The number of nitrogens with zero attached hydrogens (tertiary/aromatic N) is 1. The Bertz CT molecular complexity index is 399. The second-order valence-corrected chi connectivity index (χ2v) is 3.58. The summed E-state index contributed by atoms with van der Waals surface area (Å²) >= 11 is 3.29. The maximum Gasteiger partial charge on any atom is 0.248 e. The molecule has 0 radical (unpaired) electrons. The van der Waals surface area contributed by atoms with Gasteiger partial charge in [0.15, 0.2) is 0 Å². The SMILES string of the molecule is CC=CC=CC(=O)Nc1ccncc1Br. The first-order valence-corrected chi connectivity index (χ1v) is 5.23. The molecular formula is C11H11BrN2O. The van der Waals surface area contributed by atoms with Crippen LogP contribution in [0.4, 0.5) is 5.69 Å².